The number of carbonyl (C=O) groups excluding carboxylic acids is 2. The maximum Gasteiger partial charge on any atom is 0.246 e. The molecule has 158 valence electrons. The Morgan fingerprint density at radius 3 is 2.07 bits per heavy atom. The Morgan fingerprint density at radius 2 is 1.50 bits per heavy atom. The molecule has 7 heteroatoms. The van der Waals surface area contributed by atoms with Crippen molar-refractivity contribution in [2.45, 2.75) is 6.42 Å². The van der Waals surface area contributed by atoms with E-state index in [1.54, 1.807) is 48.3 Å². The van der Waals surface area contributed by atoms with Gasteiger partial charge in [0, 0.05) is 38.3 Å². The van der Waals surface area contributed by atoms with E-state index in [1.807, 2.05) is 12.1 Å². The molecule has 0 radical (unpaired) electrons. The average molecular weight is 412 g/mol. The van der Waals surface area contributed by atoms with Crippen LogP contribution >= 0.6 is 0 Å². The molecule has 2 aromatic carbocycles. The number of hydrogen-bond acceptors (Lipinski definition) is 4. The van der Waals surface area contributed by atoms with Gasteiger partial charge in [-0.2, -0.15) is 0 Å². The zero-order valence-electron chi connectivity index (χ0n) is 17.1. The summed E-state index contributed by atoms with van der Waals surface area (Å²) in [6.45, 7) is 1.90. The van der Waals surface area contributed by atoms with Crippen LogP contribution in [0.5, 0.6) is 11.5 Å². The van der Waals surface area contributed by atoms with Gasteiger partial charge in [-0.1, -0.05) is 12.1 Å². The highest BCUT2D eigenvalue weighted by molar-refractivity contribution is 5.92. The summed E-state index contributed by atoms with van der Waals surface area (Å²) in [6.07, 6.45) is 3.47. The molecule has 0 aliphatic carbocycles. The molecule has 0 unspecified atom stereocenters. The Hall–Kier alpha value is -3.35. The quantitative estimate of drug-likeness (QED) is 0.685. The molecule has 0 aromatic heterocycles. The van der Waals surface area contributed by atoms with E-state index < -0.39 is 0 Å². The van der Waals surface area contributed by atoms with E-state index >= 15 is 0 Å². The first-order chi connectivity index (χ1) is 14.5. The summed E-state index contributed by atoms with van der Waals surface area (Å²) in [5.74, 6) is 0.846. The third-order valence-corrected chi connectivity index (χ3v) is 5.00. The van der Waals surface area contributed by atoms with Gasteiger partial charge in [-0.25, -0.2) is 4.39 Å². The van der Waals surface area contributed by atoms with Crippen LogP contribution in [0.3, 0.4) is 0 Å². The zero-order valence-corrected chi connectivity index (χ0v) is 17.1. The molecule has 1 fully saturated rings. The monoisotopic (exact) mass is 412 g/mol. The second-order valence-corrected chi connectivity index (χ2v) is 6.99. The molecule has 2 aromatic rings. The highest BCUT2D eigenvalue weighted by Gasteiger charge is 2.23. The molecule has 6 nitrogen and oxygen atoms in total. The number of nitrogens with zero attached hydrogens (tertiary/aromatic N) is 2. The molecule has 0 spiro atoms. The summed E-state index contributed by atoms with van der Waals surface area (Å²) >= 11 is 0. The van der Waals surface area contributed by atoms with Crippen molar-refractivity contribution < 1.29 is 23.5 Å². The maximum absolute atomic E-state index is 13.0. The van der Waals surface area contributed by atoms with E-state index in [-0.39, 0.29) is 24.1 Å². The van der Waals surface area contributed by atoms with E-state index in [0.29, 0.717) is 37.7 Å². The highest BCUT2D eigenvalue weighted by atomic mass is 19.1. The number of carbonyl (C=O) groups is 2. The van der Waals surface area contributed by atoms with Crippen molar-refractivity contribution in [3.63, 3.8) is 0 Å². The predicted octanol–water partition coefficient (Wildman–Crippen LogP) is 2.77. The van der Waals surface area contributed by atoms with Crippen molar-refractivity contribution in [2.75, 3.05) is 40.4 Å². The summed E-state index contributed by atoms with van der Waals surface area (Å²) in [4.78, 5) is 28.4. The molecule has 1 aliphatic heterocycles. The molecule has 1 heterocycles. The number of ether oxygens (including phenoxy) is 2. The lowest BCUT2D eigenvalue weighted by atomic mass is 10.1. The van der Waals surface area contributed by atoms with Crippen LogP contribution in [0, 0.1) is 5.82 Å². The van der Waals surface area contributed by atoms with Crippen LogP contribution in [0.4, 0.5) is 4.39 Å². The summed E-state index contributed by atoms with van der Waals surface area (Å²) < 4.78 is 23.5. The van der Waals surface area contributed by atoms with Crippen LogP contribution in [0.1, 0.15) is 11.1 Å². The number of amides is 2. The van der Waals surface area contributed by atoms with E-state index in [1.165, 1.54) is 18.2 Å². The van der Waals surface area contributed by atoms with Crippen molar-refractivity contribution in [1.82, 2.24) is 9.80 Å². The standard InChI is InChI=1S/C23H25FN2O4/c1-29-20-13-18(14-21(16-20)30-2)5-8-22(27)25-9-11-26(12-10-25)23(28)15-17-3-6-19(24)7-4-17/h3-8,13-14,16H,9-12,15H2,1-2H3/b8-5+. The average Bonchev–Trinajstić information content (AvgIpc) is 2.78. The van der Waals surface area contributed by atoms with Crippen LogP contribution in [0.15, 0.2) is 48.5 Å². The number of rotatable bonds is 6. The van der Waals surface area contributed by atoms with Gasteiger partial charge in [0.05, 0.1) is 20.6 Å². The van der Waals surface area contributed by atoms with Gasteiger partial charge in [-0.3, -0.25) is 9.59 Å². The second kappa shape index (κ2) is 9.91. The summed E-state index contributed by atoms with van der Waals surface area (Å²) in [6, 6.07) is 11.3. The fraction of sp³-hybridized carbons (Fsp3) is 0.304. The SMILES string of the molecule is COc1cc(/C=C/C(=O)N2CCN(C(=O)Cc3ccc(F)cc3)CC2)cc(OC)c1. The summed E-state index contributed by atoms with van der Waals surface area (Å²) in [5, 5.41) is 0. The van der Waals surface area contributed by atoms with Crippen LogP contribution in [0.2, 0.25) is 0 Å². The van der Waals surface area contributed by atoms with E-state index in [4.69, 9.17) is 9.47 Å². The van der Waals surface area contributed by atoms with Gasteiger partial charge in [0.2, 0.25) is 11.8 Å². The minimum absolute atomic E-state index is 0.0206. The Morgan fingerprint density at radius 1 is 0.933 bits per heavy atom. The lowest BCUT2D eigenvalue weighted by Gasteiger charge is -2.34. The lowest BCUT2D eigenvalue weighted by molar-refractivity contribution is -0.136. The minimum Gasteiger partial charge on any atom is -0.497 e. The minimum atomic E-state index is -0.321. The first kappa shape index (κ1) is 21.4. The van der Waals surface area contributed by atoms with Crippen molar-refractivity contribution in [3.05, 3.63) is 65.5 Å². The second-order valence-electron chi connectivity index (χ2n) is 6.99. The van der Waals surface area contributed by atoms with Crippen LogP contribution in [-0.4, -0.2) is 62.0 Å². The molecule has 3 rings (SSSR count). The number of hydrogen-bond donors (Lipinski definition) is 0. The molecular weight excluding hydrogens is 387 g/mol. The Bertz CT molecular complexity index is 897. The molecule has 0 atom stereocenters. The van der Waals surface area contributed by atoms with Gasteiger partial charge >= 0.3 is 0 Å². The summed E-state index contributed by atoms with van der Waals surface area (Å²) in [5.41, 5.74) is 1.57. The van der Waals surface area contributed by atoms with Gasteiger partial charge in [-0.15, -0.1) is 0 Å². The predicted molar refractivity (Wildman–Crippen MR) is 112 cm³/mol. The van der Waals surface area contributed by atoms with Crippen molar-refractivity contribution in [2.24, 2.45) is 0 Å². The van der Waals surface area contributed by atoms with Crippen molar-refractivity contribution in [3.8, 4) is 11.5 Å². The van der Waals surface area contributed by atoms with Crippen molar-refractivity contribution >= 4 is 17.9 Å². The third kappa shape index (κ3) is 5.59. The Balaban J connectivity index is 1.53. The zero-order chi connectivity index (χ0) is 21.5. The highest BCUT2D eigenvalue weighted by Crippen LogP contribution is 2.23. The molecule has 2 amide bonds. The first-order valence-corrected chi connectivity index (χ1v) is 9.71. The number of benzene rings is 2. The van der Waals surface area contributed by atoms with Crippen LogP contribution < -0.4 is 9.47 Å². The number of methoxy groups -OCH3 is 2. The van der Waals surface area contributed by atoms with Crippen LogP contribution in [0.25, 0.3) is 6.08 Å². The lowest BCUT2D eigenvalue weighted by Crippen LogP contribution is -2.50. The third-order valence-electron chi connectivity index (χ3n) is 5.00. The molecule has 1 saturated heterocycles. The van der Waals surface area contributed by atoms with Gasteiger partial charge in [0.25, 0.3) is 0 Å². The molecule has 0 saturated carbocycles. The Labute approximate surface area is 175 Å². The van der Waals surface area contributed by atoms with Gasteiger partial charge in [0.15, 0.2) is 0 Å². The molecule has 1 aliphatic rings. The number of piperazine rings is 1. The fourth-order valence-corrected chi connectivity index (χ4v) is 3.26. The van der Waals surface area contributed by atoms with E-state index in [2.05, 4.69) is 0 Å². The summed E-state index contributed by atoms with van der Waals surface area (Å²) in [7, 11) is 3.15. The van der Waals surface area contributed by atoms with E-state index in [9.17, 15) is 14.0 Å². The molecule has 0 N–H and O–H groups in total. The van der Waals surface area contributed by atoms with Gasteiger partial charge in [-0.05, 0) is 41.5 Å². The molecule has 30 heavy (non-hydrogen) atoms. The molecular formula is C23H25FN2O4. The fourth-order valence-electron chi connectivity index (χ4n) is 3.26. The maximum atomic E-state index is 13.0. The Kier molecular flexibility index (Phi) is 7.06. The largest absolute Gasteiger partial charge is 0.497 e. The number of halogens is 1. The van der Waals surface area contributed by atoms with E-state index in [0.717, 1.165) is 11.1 Å². The van der Waals surface area contributed by atoms with Crippen molar-refractivity contribution in [1.29, 1.82) is 0 Å². The topological polar surface area (TPSA) is 59.1 Å². The normalized spacial score (nSPS) is 14.1. The first-order valence-electron chi connectivity index (χ1n) is 9.71. The molecule has 0 bridgehead atoms. The van der Waals surface area contributed by atoms with Crippen LogP contribution in [-0.2, 0) is 16.0 Å². The van der Waals surface area contributed by atoms with Gasteiger partial charge in [0.1, 0.15) is 17.3 Å². The van der Waals surface area contributed by atoms with Gasteiger partial charge < -0.3 is 19.3 Å². The smallest absolute Gasteiger partial charge is 0.246 e.